The summed E-state index contributed by atoms with van der Waals surface area (Å²) in [6, 6.07) is 7.56. The maximum atomic E-state index is 9.09. The molecule has 1 heterocycles. The molecule has 0 amide bonds. The van der Waals surface area contributed by atoms with Crippen LogP contribution < -0.4 is 0 Å². The first kappa shape index (κ1) is 14.1. The summed E-state index contributed by atoms with van der Waals surface area (Å²) in [5, 5.41) is 9.73. The van der Waals surface area contributed by atoms with Crippen LogP contribution in [0, 0.1) is 0 Å². The molecule has 0 saturated heterocycles. The van der Waals surface area contributed by atoms with Crippen molar-refractivity contribution >= 4 is 11.6 Å². The van der Waals surface area contributed by atoms with Gasteiger partial charge in [0.25, 0.3) is 0 Å². The monoisotopic (exact) mass is 280 g/mol. The van der Waals surface area contributed by atoms with Gasteiger partial charge in [0.05, 0.1) is 24.4 Å². The summed E-state index contributed by atoms with van der Waals surface area (Å²) < 4.78 is 5.70. The van der Waals surface area contributed by atoms with Gasteiger partial charge in [0.2, 0.25) is 5.89 Å². The fourth-order valence-corrected chi connectivity index (χ4v) is 1.91. The van der Waals surface area contributed by atoms with E-state index in [1.165, 1.54) is 0 Å². The van der Waals surface area contributed by atoms with Gasteiger partial charge in [-0.25, -0.2) is 4.98 Å². The Kier molecular flexibility index (Phi) is 4.58. The Bertz CT molecular complexity index is 542. The largest absolute Gasteiger partial charge is 0.439 e. The number of nitrogens with zero attached hydrogens (tertiary/aromatic N) is 2. The second-order valence-corrected chi connectivity index (χ2v) is 4.95. The number of hydrogen-bond acceptors (Lipinski definition) is 4. The first-order valence-corrected chi connectivity index (χ1v) is 6.50. The van der Waals surface area contributed by atoms with Crippen LogP contribution in [0.4, 0.5) is 0 Å². The molecule has 0 aliphatic carbocycles. The van der Waals surface area contributed by atoms with Crippen molar-refractivity contribution < 1.29 is 9.52 Å². The molecule has 2 aromatic rings. The standard InChI is InChI=1S/C14H17ClN2O2/c1-10(9-18)17(2)8-14-16-7-13(19-14)11-5-3-4-6-12(11)15/h3-7,10,18H,8-9H2,1-2H3. The number of aromatic nitrogens is 1. The van der Waals surface area contributed by atoms with E-state index in [1.807, 2.05) is 43.1 Å². The first-order valence-electron chi connectivity index (χ1n) is 6.12. The quantitative estimate of drug-likeness (QED) is 0.915. The Balaban J connectivity index is 2.14. The summed E-state index contributed by atoms with van der Waals surface area (Å²) in [6.45, 7) is 2.60. The summed E-state index contributed by atoms with van der Waals surface area (Å²) in [6.07, 6.45) is 1.67. The normalized spacial score (nSPS) is 12.9. The molecule has 102 valence electrons. The number of likely N-dealkylation sites (N-methyl/N-ethyl adjacent to an activating group) is 1. The first-order chi connectivity index (χ1) is 9.11. The third-order valence-electron chi connectivity index (χ3n) is 3.09. The molecule has 5 heteroatoms. The highest BCUT2D eigenvalue weighted by molar-refractivity contribution is 6.33. The van der Waals surface area contributed by atoms with Gasteiger partial charge in [0.1, 0.15) is 0 Å². The van der Waals surface area contributed by atoms with E-state index in [2.05, 4.69) is 4.98 Å². The number of oxazole rings is 1. The van der Waals surface area contributed by atoms with Crippen molar-refractivity contribution in [3.63, 3.8) is 0 Å². The summed E-state index contributed by atoms with van der Waals surface area (Å²) in [7, 11) is 1.92. The number of halogens is 1. The Hall–Kier alpha value is -1.36. The molecule has 1 N–H and O–H groups in total. The number of aliphatic hydroxyl groups excluding tert-OH is 1. The van der Waals surface area contributed by atoms with Crippen molar-refractivity contribution in [2.45, 2.75) is 19.5 Å². The van der Waals surface area contributed by atoms with Gasteiger partial charge in [-0.2, -0.15) is 0 Å². The van der Waals surface area contributed by atoms with Gasteiger partial charge in [0.15, 0.2) is 5.76 Å². The van der Waals surface area contributed by atoms with Crippen molar-refractivity contribution in [3.8, 4) is 11.3 Å². The third-order valence-corrected chi connectivity index (χ3v) is 3.42. The van der Waals surface area contributed by atoms with Crippen molar-refractivity contribution in [3.05, 3.63) is 41.4 Å². The van der Waals surface area contributed by atoms with Crippen LogP contribution in [0.5, 0.6) is 0 Å². The second kappa shape index (κ2) is 6.19. The summed E-state index contributed by atoms with van der Waals surface area (Å²) in [4.78, 5) is 6.22. The summed E-state index contributed by atoms with van der Waals surface area (Å²) in [5.74, 6) is 1.27. The van der Waals surface area contributed by atoms with Gasteiger partial charge >= 0.3 is 0 Å². The zero-order valence-electron chi connectivity index (χ0n) is 11.0. The molecule has 1 aromatic heterocycles. The fraction of sp³-hybridized carbons (Fsp3) is 0.357. The molecule has 1 aromatic carbocycles. The number of rotatable bonds is 5. The Morgan fingerprint density at radius 3 is 2.84 bits per heavy atom. The maximum absolute atomic E-state index is 9.09. The van der Waals surface area contributed by atoms with E-state index in [1.54, 1.807) is 6.20 Å². The van der Waals surface area contributed by atoms with Crippen molar-refractivity contribution in [2.75, 3.05) is 13.7 Å². The average molecular weight is 281 g/mol. The van der Waals surface area contributed by atoms with Crippen LogP contribution in [-0.4, -0.2) is 34.7 Å². The van der Waals surface area contributed by atoms with E-state index in [4.69, 9.17) is 21.1 Å². The molecular weight excluding hydrogens is 264 g/mol. The predicted molar refractivity (Wildman–Crippen MR) is 75.0 cm³/mol. The minimum Gasteiger partial charge on any atom is -0.439 e. The van der Waals surface area contributed by atoms with E-state index >= 15 is 0 Å². The summed E-state index contributed by atoms with van der Waals surface area (Å²) in [5.41, 5.74) is 0.834. The lowest BCUT2D eigenvalue weighted by Crippen LogP contribution is -2.31. The van der Waals surface area contributed by atoms with Crippen molar-refractivity contribution in [2.24, 2.45) is 0 Å². The van der Waals surface area contributed by atoms with Crippen molar-refractivity contribution in [1.82, 2.24) is 9.88 Å². The number of benzene rings is 1. The minimum absolute atomic E-state index is 0.0654. The topological polar surface area (TPSA) is 49.5 Å². The molecule has 1 unspecified atom stereocenters. The minimum atomic E-state index is 0.0654. The van der Waals surface area contributed by atoms with Gasteiger partial charge in [-0.05, 0) is 26.1 Å². The zero-order chi connectivity index (χ0) is 13.8. The van der Waals surface area contributed by atoms with Gasteiger partial charge in [-0.15, -0.1) is 0 Å². The number of hydrogen-bond donors (Lipinski definition) is 1. The van der Waals surface area contributed by atoms with E-state index < -0.39 is 0 Å². The van der Waals surface area contributed by atoms with E-state index in [0.29, 0.717) is 23.2 Å². The molecule has 0 spiro atoms. The van der Waals surface area contributed by atoms with Crippen LogP contribution in [0.25, 0.3) is 11.3 Å². The maximum Gasteiger partial charge on any atom is 0.209 e. The van der Waals surface area contributed by atoms with Gasteiger partial charge in [-0.3, -0.25) is 4.90 Å². The van der Waals surface area contributed by atoms with Gasteiger partial charge < -0.3 is 9.52 Å². The molecule has 1 atom stereocenters. The molecular formula is C14H17ClN2O2. The molecule has 0 aliphatic rings. The molecule has 0 aliphatic heterocycles. The molecule has 0 fully saturated rings. The smallest absolute Gasteiger partial charge is 0.209 e. The van der Waals surface area contributed by atoms with Crippen molar-refractivity contribution in [1.29, 1.82) is 0 Å². The average Bonchev–Trinajstić information content (AvgIpc) is 2.86. The predicted octanol–water partition coefficient (Wildman–Crippen LogP) is 2.81. The fourth-order valence-electron chi connectivity index (χ4n) is 1.68. The molecule has 2 rings (SSSR count). The SMILES string of the molecule is CC(CO)N(C)Cc1ncc(-c2ccccc2Cl)o1. The molecule has 19 heavy (non-hydrogen) atoms. The van der Waals surface area contributed by atoms with Crippen LogP contribution >= 0.6 is 11.6 Å². The van der Waals surface area contributed by atoms with Crippen LogP contribution in [0.3, 0.4) is 0 Å². The highest BCUT2D eigenvalue weighted by atomic mass is 35.5. The van der Waals surface area contributed by atoms with Gasteiger partial charge in [-0.1, -0.05) is 23.7 Å². The summed E-state index contributed by atoms with van der Waals surface area (Å²) >= 11 is 6.12. The van der Waals surface area contributed by atoms with Crippen LogP contribution in [-0.2, 0) is 6.54 Å². The Morgan fingerprint density at radius 1 is 1.42 bits per heavy atom. The molecule has 0 radical (unpaired) electrons. The third kappa shape index (κ3) is 3.35. The Morgan fingerprint density at radius 2 is 2.16 bits per heavy atom. The van der Waals surface area contributed by atoms with E-state index in [9.17, 15) is 0 Å². The van der Waals surface area contributed by atoms with Gasteiger partial charge in [0, 0.05) is 11.6 Å². The molecule has 0 saturated carbocycles. The Labute approximate surface area is 117 Å². The van der Waals surface area contributed by atoms with E-state index in [0.717, 1.165) is 5.56 Å². The van der Waals surface area contributed by atoms with E-state index in [-0.39, 0.29) is 12.6 Å². The second-order valence-electron chi connectivity index (χ2n) is 4.54. The van der Waals surface area contributed by atoms with Crippen LogP contribution in [0.15, 0.2) is 34.9 Å². The molecule has 4 nitrogen and oxygen atoms in total. The van der Waals surface area contributed by atoms with Crippen LogP contribution in [0.1, 0.15) is 12.8 Å². The highest BCUT2D eigenvalue weighted by Crippen LogP contribution is 2.28. The lowest BCUT2D eigenvalue weighted by atomic mass is 10.2. The lowest BCUT2D eigenvalue weighted by Gasteiger charge is -2.20. The number of aliphatic hydroxyl groups is 1. The van der Waals surface area contributed by atoms with Crippen LogP contribution in [0.2, 0.25) is 5.02 Å². The zero-order valence-corrected chi connectivity index (χ0v) is 11.8. The highest BCUT2D eigenvalue weighted by Gasteiger charge is 2.13. The molecule has 0 bridgehead atoms. The lowest BCUT2D eigenvalue weighted by molar-refractivity contribution is 0.145.